The highest BCUT2D eigenvalue weighted by Crippen LogP contribution is 2.40. The molecule has 2 aliphatic rings. The molecule has 0 radical (unpaired) electrons. The zero-order valence-corrected chi connectivity index (χ0v) is 19.3. The molecule has 1 amide bonds. The first-order valence-corrected chi connectivity index (χ1v) is 12.2. The van der Waals surface area contributed by atoms with Crippen LogP contribution in [0.2, 0.25) is 0 Å². The number of aromatic amines is 1. The Morgan fingerprint density at radius 2 is 1.91 bits per heavy atom. The molecule has 2 N–H and O–H groups in total. The Kier molecular flexibility index (Phi) is 6.32. The van der Waals surface area contributed by atoms with Crippen LogP contribution in [-0.2, 0) is 25.8 Å². The number of aryl methyl sites for hydroxylation is 1. The Hall–Kier alpha value is -2.92. The van der Waals surface area contributed by atoms with E-state index in [1.807, 2.05) is 49.5 Å². The van der Waals surface area contributed by atoms with E-state index in [1.165, 1.54) is 23.2 Å². The van der Waals surface area contributed by atoms with Gasteiger partial charge in [0.25, 0.3) is 5.91 Å². The van der Waals surface area contributed by atoms with Gasteiger partial charge in [-0.15, -0.1) is 0 Å². The minimum Gasteiger partial charge on any atom is -0.388 e. The van der Waals surface area contributed by atoms with Crippen molar-refractivity contribution in [2.75, 3.05) is 7.05 Å². The summed E-state index contributed by atoms with van der Waals surface area (Å²) in [5.41, 5.74) is 6.55. The lowest BCUT2D eigenvalue weighted by molar-refractivity contribution is 0.0783. The smallest absolute Gasteiger partial charge is 0.253 e. The number of aliphatic hydroxyl groups excluding tert-OH is 1. The number of hydrogen-bond donors (Lipinski definition) is 2. The summed E-state index contributed by atoms with van der Waals surface area (Å²) in [6, 6.07) is 18.1. The summed E-state index contributed by atoms with van der Waals surface area (Å²) < 4.78 is 0. The fourth-order valence-corrected chi connectivity index (χ4v) is 5.66. The number of benzene rings is 2. The van der Waals surface area contributed by atoms with Gasteiger partial charge >= 0.3 is 0 Å². The summed E-state index contributed by atoms with van der Waals surface area (Å²) in [5, 5.41) is 18.3. The molecule has 3 aromatic rings. The van der Waals surface area contributed by atoms with Crippen LogP contribution in [0, 0.1) is 11.8 Å². The van der Waals surface area contributed by atoms with Crippen LogP contribution >= 0.6 is 0 Å². The molecule has 5 nitrogen and oxygen atoms in total. The minimum absolute atomic E-state index is 0.0308. The first kappa shape index (κ1) is 21.9. The van der Waals surface area contributed by atoms with Crippen molar-refractivity contribution in [2.24, 2.45) is 11.8 Å². The van der Waals surface area contributed by atoms with Crippen LogP contribution in [0.3, 0.4) is 0 Å². The third kappa shape index (κ3) is 4.74. The zero-order chi connectivity index (χ0) is 22.8. The predicted molar refractivity (Wildman–Crippen MR) is 129 cm³/mol. The fraction of sp³-hybridized carbons (Fsp3) is 0.429. The van der Waals surface area contributed by atoms with E-state index in [1.54, 1.807) is 4.90 Å². The van der Waals surface area contributed by atoms with Crippen LogP contribution in [0.25, 0.3) is 0 Å². The molecule has 1 fully saturated rings. The molecule has 0 saturated heterocycles. The van der Waals surface area contributed by atoms with Crippen molar-refractivity contribution in [3.05, 3.63) is 88.2 Å². The van der Waals surface area contributed by atoms with Crippen LogP contribution < -0.4 is 0 Å². The molecule has 5 heteroatoms. The molecule has 3 atom stereocenters. The van der Waals surface area contributed by atoms with Gasteiger partial charge in [-0.1, -0.05) is 42.5 Å². The number of carbonyl (C=O) groups is 1. The van der Waals surface area contributed by atoms with E-state index in [2.05, 4.69) is 22.3 Å². The maximum atomic E-state index is 12.9. The topological polar surface area (TPSA) is 69.2 Å². The summed E-state index contributed by atoms with van der Waals surface area (Å²) in [6.07, 6.45) is 7.18. The molecule has 2 aromatic carbocycles. The quantitative estimate of drug-likeness (QED) is 0.548. The van der Waals surface area contributed by atoms with Crippen molar-refractivity contribution in [3.63, 3.8) is 0 Å². The van der Waals surface area contributed by atoms with Gasteiger partial charge in [0.2, 0.25) is 0 Å². The van der Waals surface area contributed by atoms with Gasteiger partial charge in [-0.25, -0.2) is 0 Å². The van der Waals surface area contributed by atoms with E-state index in [0.717, 1.165) is 55.3 Å². The van der Waals surface area contributed by atoms with E-state index in [4.69, 9.17) is 0 Å². The monoisotopic (exact) mass is 443 g/mol. The number of nitrogens with zero attached hydrogens (tertiary/aromatic N) is 2. The van der Waals surface area contributed by atoms with E-state index >= 15 is 0 Å². The fourth-order valence-electron chi connectivity index (χ4n) is 5.66. The summed E-state index contributed by atoms with van der Waals surface area (Å²) in [6.45, 7) is 0.541. The van der Waals surface area contributed by atoms with Crippen molar-refractivity contribution in [2.45, 2.75) is 57.6 Å². The second-order valence-electron chi connectivity index (χ2n) is 9.84. The number of rotatable bonds is 7. The molecular weight excluding hydrogens is 410 g/mol. The van der Waals surface area contributed by atoms with E-state index < -0.39 is 0 Å². The first-order chi connectivity index (χ1) is 16.1. The minimum atomic E-state index is -0.373. The van der Waals surface area contributed by atoms with Gasteiger partial charge in [0.1, 0.15) is 0 Å². The van der Waals surface area contributed by atoms with E-state index in [9.17, 15) is 9.90 Å². The van der Waals surface area contributed by atoms with Gasteiger partial charge in [-0.2, -0.15) is 5.10 Å². The largest absolute Gasteiger partial charge is 0.388 e. The second kappa shape index (κ2) is 9.52. The first-order valence-electron chi connectivity index (χ1n) is 12.2. The molecular formula is C28H33N3O2. The number of hydrogen-bond acceptors (Lipinski definition) is 3. The molecule has 33 heavy (non-hydrogen) atoms. The van der Waals surface area contributed by atoms with Gasteiger partial charge in [0, 0.05) is 18.3 Å². The number of nitrogens with one attached hydrogen (secondary N) is 1. The predicted octanol–water partition coefficient (Wildman–Crippen LogP) is 4.86. The normalized spacial score (nSPS) is 20.5. The van der Waals surface area contributed by atoms with Crippen molar-refractivity contribution in [1.82, 2.24) is 15.1 Å². The summed E-state index contributed by atoms with van der Waals surface area (Å²) >= 11 is 0. The van der Waals surface area contributed by atoms with Crippen LogP contribution in [0.4, 0.5) is 0 Å². The number of carbonyl (C=O) groups excluding carboxylic acids is 1. The lowest BCUT2D eigenvalue weighted by atomic mass is 9.91. The Bertz CT molecular complexity index is 1090. The number of fused-ring (bicyclic) bond motifs is 1. The number of H-pyrrole nitrogens is 1. The van der Waals surface area contributed by atoms with Gasteiger partial charge < -0.3 is 10.0 Å². The number of aliphatic hydroxyl groups is 1. The molecule has 1 aromatic heterocycles. The van der Waals surface area contributed by atoms with Gasteiger partial charge in [0.15, 0.2) is 0 Å². The molecule has 0 unspecified atom stereocenters. The maximum Gasteiger partial charge on any atom is 0.253 e. The maximum absolute atomic E-state index is 12.9. The Balaban J connectivity index is 1.15. The average molecular weight is 444 g/mol. The molecule has 172 valence electrons. The summed E-state index contributed by atoms with van der Waals surface area (Å²) in [5.74, 6) is 0.943. The summed E-state index contributed by atoms with van der Waals surface area (Å²) in [4.78, 5) is 14.7. The van der Waals surface area contributed by atoms with Gasteiger partial charge in [0.05, 0.1) is 18.3 Å². The third-order valence-electron chi connectivity index (χ3n) is 7.52. The SMILES string of the molecule is CN(Cc1n[nH]c2c1CCC2)C(=O)c1ccc(C[C@@H]2CC[C@H]([C@H](O)c3ccccc3)C2)cc1. The molecule has 0 bridgehead atoms. The zero-order valence-electron chi connectivity index (χ0n) is 19.3. The third-order valence-corrected chi connectivity index (χ3v) is 7.52. The average Bonchev–Trinajstić information content (AvgIpc) is 3.58. The Morgan fingerprint density at radius 1 is 1.12 bits per heavy atom. The highest BCUT2D eigenvalue weighted by molar-refractivity contribution is 5.94. The molecule has 1 saturated carbocycles. The standard InChI is InChI=1S/C28H33N3O2/c1-31(18-26-24-8-5-9-25(24)29-30-26)28(33)22-13-10-19(11-14-22)16-20-12-15-23(17-20)27(32)21-6-3-2-4-7-21/h2-4,6-7,10-11,13-14,20,23,27,32H,5,8-9,12,15-18H2,1H3,(H,29,30)/t20-,23-,27+/m0/s1. The molecule has 0 aliphatic heterocycles. The van der Waals surface area contributed by atoms with Gasteiger partial charge in [-0.3, -0.25) is 9.89 Å². The van der Waals surface area contributed by atoms with Crippen molar-refractivity contribution in [1.29, 1.82) is 0 Å². The highest BCUT2D eigenvalue weighted by Gasteiger charge is 2.30. The molecule has 2 aliphatic carbocycles. The Morgan fingerprint density at radius 3 is 2.70 bits per heavy atom. The lowest BCUT2D eigenvalue weighted by Crippen LogP contribution is -2.26. The van der Waals surface area contributed by atoms with E-state index in [0.29, 0.717) is 18.4 Å². The number of aromatic nitrogens is 2. The van der Waals surface area contributed by atoms with Crippen molar-refractivity contribution >= 4 is 5.91 Å². The Labute approximate surface area is 195 Å². The molecule has 0 spiro atoms. The second-order valence-corrected chi connectivity index (χ2v) is 9.84. The van der Waals surface area contributed by atoms with Crippen molar-refractivity contribution in [3.8, 4) is 0 Å². The van der Waals surface area contributed by atoms with Crippen LogP contribution in [0.1, 0.15) is 70.2 Å². The number of amides is 1. The van der Waals surface area contributed by atoms with Crippen molar-refractivity contribution < 1.29 is 9.90 Å². The van der Waals surface area contributed by atoms with E-state index in [-0.39, 0.29) is 12.0 Å². The lowest BCUT2D eigenvalue weighted by Gasteiger charge is -2.19. The van der Waals surface area contributed by atoms with Crippen LogP contribution in [0.15, 0.2) is 54.6 Å². The van der Waals surface area contributed by atoms with Gasteiger partial charge in [-0.05, 0) is 85.6 Å². The van der Waals surface area contributed by atoms with Crippen LogP contribution in [-0.4, -0.2) is 33.2 Å². The molecule has 5 rings (SSSR count). The van der Waals surface area contributed by atoms with Crippen LogP contribution in [0.5, 0.6) is 0 Å². The summed E-state index contributed by atoms with van der Waals surface area (Å²) in [7, 11) is 1.85. The molecule has 1 heterocycles. The highest BCUT2D eigenvalue weighted by atomic mass is 16.3.